The van der Waals surface area contributed by atoms with Crippen LogP contribution in [-0.2, 0) is 4.79 Å². The summed E-state index contributed by atoms with van der Waals surface area (Å²) in [6.07, 6.45) is 5.09. The van der Waals surface area contributed by atoms with Gasteiger partial charge in [-0.1, -0.05) is 33.8 Å². The monoisotopic (exact) mass is 244 g/mol. The summed E-state index contributed by atoms with van der Waals surface area (Å²) >= 11 is 0. The number of ketones is 1. The van der Waals surface area contributed by atoms with Crippen LogP contribution in [0, 0.1) is 0 Å². The zero-order valence-electron chi connectivity index (χ0n) is 11.6. The number of aliphatic imine (C=N–C) groups is 1. The third kappa shape index (κ3) is 8.74. The smallest absolute Gasteiger partial charge is 0.149 e. The molecular formula is C13H25FN2O. The molecule has 0 aromatic rings. The van der Waals surface area contributed by atoms with E-state index in [0.29, 0.717) is 6.42 Å². The first-order valence-electron chi connectivity index (χ1n) is 6.30. The van der Waals surface area contributed by atoms with Gasteiger partial charge in [0.05, 0.1) is 0 Å². The fourth-order valence-corrected chi connectivity index (χ4v) is 1.16. The molecule has 1 N–H and O–H groups in total. The van der Waals surface area contributed by atoms with Crippen molar-refractivity contribution in [2.24, 2.45) is 4.99 Å². The van der Waals surface area contributed by atoms with Gasteiger partial charge in [-0.2, -0.15) is 0 Å². The highest BCUT2D eigenvalue weighted by atomic mass is 19.2. The summed E-state index contributed by atoms with van der Waals surface area (Å²) in [6, 6.07) is -0.749. The molecule has 0 fully saturated rings. The fraction of sp³-hybridized carbons (Fsp3) is 0.692. The maximum Gasteiger partial charge on any atom is 0.149 e. The number of Topliss-reactive ketones (excluding diaryl/α,β-unsaturated/α-hetero) is 1. The Balaban J connectivity index is 0. The average Bonchev–Trinajstić information content (AvgIpc) is 2.41. The molecule has 0 radical (unpaired) electrons. The van der Waals surface area contributed by atoms with Gasteiger partial charge in [0.1, 0.15) is 11.8 Å². The van der Waals surface area contributed by atoms with E-state index in [2.05, 4.69) is 4.99 Å². The zero-order valence-corrected chi connectivity index (χ0v) is 11.6. The van der Waals surface area contributed by atoms with E-state index in [9.17, 15) is 9.28 Å². The Bertz CT molecular complexity index is 250. The number of halogens is 1. The van der Waals surface area contributed by atoms with E-state index in [1.807, 2.05) is 39.8 Å². The summed E-state index contributed by atoms with van der Waals surface area (Å²) in [5.41, 5.74) is 2.27. The molecule has 1 rings (SSSR count). The summed E-state index contributed by atoms with van der Waals surface area (Å²) in [5.74, 6) is -0.204. The SMILES string of the molecule is CC.CC.CC(=O)[C@H](CC1=NCCC=C1)NF. The van der Waals surface area contributed by atoms with Gasteiger partial charge < -0.3 is 0 Å². The van der Waals surface area contributed by atoms with Crippen LogP contribution in [0.3, 0.4) is 0 Å². The Morgan fingerprint density at radius 2 is 2.06 bits per heavy atom. The van der Waals surface area contributed by atoms with Gasteiger partial charge in [-0.3, -0.25) is 9.79 Å². The third-order valence-corrected chi connectivity index (χ3v) is 1.96. The number of carbonyl (C=O) groups excluding carboxylic acids is 1. The van der Waals surface area contributed by atoms with E-state index in [1.165, 1.54) is 12.5 Å². The van der Waals surface area contributed by atoms with Crippen molar-refractivity contribution in [2.75, 3.05) is 6.54 Å². The lowest BCUT2D eigenvalue weighted by Crippen LogP contribution is -2.32. The molecule has 0 spiro atoms. The maximum absolute atomic E-state index is 12.1. The molecule has 4 heteroatoms. The first-order chi connectivity index (χ1) is 8.24. The van der Waals surface area contributed by atoms with Crippen LogP contribution >= 0.6 is 0 Å². The molecule has 0 unspecified atom stereocenters. The van der Waals surface area contributed by atoms with Crippen molar-refractivity contribution in [1.29, 1.82) is 0 Å². The molecule has 0 aromatic carbocycles. The second-order valence-electron chi connectivity index (χ2n) is 3.04. The van der Waals surface area contributed by atoms with Gasteiger partial charge in [0.2, 0.25) is 0 Å². The number of allylic oxidation sites excluding steroid dienone is 1. The predicted octanol–water partition coefficient (Wildman–Crippen LogP) is 3.26. The molecule has 0 saturated heterocycles. The Kier molecular flexibility index (Phi) is 14.1. The van der Waals surface area contributed by atoms with Crippen molar-refractivity contribution in [3.63, 3.8) is 0 Å². The van der Waals surface area contributed by atoms with E-state index in [1.54, 1.807) is 0 Å². The summed E-state index contributed by atoms with van der Waals surface area (Å²) < 4.78 is 12.1. The minimum atomic E-state index is -0.749. The molecule has 17 heavy (non-hydrogen) atoms. The Hall–Kier alpha value is -1.03. The molecule has 1 aliphatic rings. The van der Waals surface area contributed by atoms with Crippen LogP contribution in [0.15, 0.2) is 17.1 Å². The molecule has 0 saturated carbocycles. The van der Waals surface area contributed by atoms with Crippen molar-refractivity contribution in [3.05, 3.63) is 12.2 Å². The molecular weight excluding hydrogens is 219 g/mol. The van der Waals surface area contributed by atoms with E-state index >= 15 is 0 Å². The van der Waals surface area contributed by atoms with Gasteiger partial charge in [-0.15, -0.1) is 10.0 Å². The van der Waals surface area contributed by atoms with Crippen LogP contribution in [0.25, 0.3) is 0 Å². The summed E-state index contributed by atoms with van der Waals surface area (Å²) in [4.78, 5) is 15.0. The third-order valence-electron chi connectivity index (χ3n) is 1.96. The number of nitrogens with one attached hydrogen (secondary N) is 1. The molecule has 0 aliphatic carbocycles. The van der Waals surface area contributed by atoms with Crippen LogP contribution < -0.4 is 5.54 Å². The predicted molar refractivity (Wildman–Crippen MR) is 72.1 cm³/mol. The van der Waals surface area contributed by atoms with E-state index in [4.69, 9.17) is 0 Å². The number of carbonyl (C=O) groups is 1. The lowest BCUT2D eigenvalue weighted by atomic mass is 10.1. The van der Waals surface area contributed by atoms with Gasteiger partial charge in [0.15, 0.2) is 0 Å². The quantitative estimate of drug-likeness (QED) is 0.771. The molecule has 0 amide bonds. The van der Waals surface area contributed by atoms with Gasteiger partial charge in [-0.25, -0.2) is 0 Å². The van der Waals surface area contributed by atoms with E-state index in [-0.39, 0.29) is 5.78 Å². The van der Waals surface area contributed by atoms with Crippen molar-refractivity contribution < 1.29 is 9.28 Å². The average molecular weight is 244 g/mol. The Labute approximate surface area is 104 Å². The summed E-state index contributed by atoms with van der Waals surface area (Å²) in [7, 11) is 0. The molecule has 1 aliphatic heterocycles. The van der Waals surface area contributed by atoms with Crippen LogP contribution in [0.4, 0.5) is 4.48 Å². The van der Waals surface area contributed by atoms with E-state index < -0.39 is 6.04 Å². The van der Waals surface area contributed by atoms with Crippen LogP contribution in [0.1, 0.15) is 47.5 Å². The van der Waals surface area contributed by atoms with Crippen molar-refractivity contribution in [3.8, 4) is 0 Å². The van der Waals surface area contributed by atoms with Crippen LogP contribution in [0.5, 0.6) is 0 Å². The molecule has 3 nitrogen and oxygen atoms in total. The summed E-state index contributed by atoms with van der Waals surface area (Å²) in [6.45, 7) is 10.1. The lowest BCUT2D eigenvalue weighted by Gasteiger charge is -2.11. The first kappa shape index (κ1) is 18.3. The Morgan fingerprint density at radius 1 is 1.47 bits per heavy atom. The number of nitrogens with zero attached hydrogens (tertiary/aromatic N) is 1. The lowest BCUT2D eigenvalue weighted by molar-refractivity contribution is -0.119. The molecule has 100 valence electrons. The maximum atomic E-state index is 12.1. The van der Waals surface area contributed by atoms with Gasteiger partial charge in [0, 0.05) is 18.7 Å². The van der Waals surface area contributed by atoms with Gasteiger partial charge >= 0.3 is 0 Å². The first-order valence-corrected chi connectivity index (χ1v) is 6.30. The largest absolute Gasteiger partial charge is 0.298 e. The van der Waals surface area contributed by atoms with Crippen molar-refractivity contribution >= 4 is 11.5 Å². The molecule has 0 aromatic heterocycles. The minimum absolute atomic E-state index is 0.204. The zero-order chi connectivity index (χ0) is 13.7. The Morgan fingerprint density at radius 3 is 2.41 bits per heavy atom. The number of hydrogen-bond donors (Lipinski definition) is 1. The second-order valence-corrected chi connectivity index (χ2v) is 3.04. The standard InChI is InChI=1S/C9H13FN2O.2C2H6/c1-7(13)9(12-10)6-8-4-2-3-5-11-8;2*1-2/h2,4,9,12H,3,5-6H2,1H3;2*1-2H3/t9-;;/m0../s1. The summed E-state index contributed by atoms with van der Waals surface area (Å²) in [5, 5.41) is 0. The topological polar surface area (TPSA) is 41.5 Å². The van der Waals surface area contributed by atoms with Crippen molar-refractivity contribution in [2.45, 2.75) is 53.5 Å². The minimum Gasteiger partial charge on any atom is -0.298 e. The molecule has 1 atom stereocenters. The highest BCUT2D eigenvalue weighted by molar-refractivity contribution is 5.99. The number of rotatable bonds is 4. The second kappa shape index (κ2) is 13.0. The number of hydrogen-bond acceptors (Lipinski definition) is 3. The fourth-order valence-electron chi connectivity index (χ4n) is 1.16. The van der Waals surface area contributed by atoms with Crippen LogP contribution in [0.2, 0.25) is 0 Å². The van der Waals surface area contributed by atoms with Crippen LogP contribution in [-0.4, -0.2) is 24.1 Å². The van der Waals surface area contributed by atoms with Gasteiger partial charge in [-0.05, 0) is 19.4 Å². The highest BCUT2D eigenvalue weighted by Crippen LogP contribution is 2.04. The van der Waals surface area contributed by atoms with E-state index in [0.717, 1.165) is 18.7 Å². The highest BCUT2D eigenvalue weighted by Gasteiger charge is 2.15. The molecule has 1 heterocycles. The van der Waals surface area contributed by atoms with Crippen molar-refractivity contribution in [1.82, 2.24) is 5.54 Å². The van der Waals surface area contributed by atoms with Gasteiger partial charge in [0.25, 0.3) is 0 Å². The number of dihydropyridines is 1. The molecule has 0 bridgehead atoms. The normalized spacial score (nSPS) is 14.6.